The second-order valence-electron chi connectivity index (χ2n) is 7.29. The maximum atomic E-state index is 13.8. The molecular formula is C19H14F4N2O3. The zero-order chi connectivity index (χ0) is 20.4. The van der Waals surface area contributed by atoms with E-state index in [4.69, 9.17) is 0 Å². The highest BCUT2D eigenvalue weighted by Crippen LogP contribution is 2.42. The number of rotatable bonds is 2. The van der Waals surface area contributed by atoms with Gasteiger partial charge in [0.2, 0.25) is 0 Å². The number of fused-ring (bicyclic) bond motifs is 3. The molecule has 146 valence electrons. The number of Topliss-reactive ketones (excluding diaryl/α,β-unsaturated/α-hetero) is 3. The third-order valence-electron chi connectivity index (χ3n) is 5.53. The highest BCUT2D eigenvalue weighted by molar-refractivity contribution is 6.27. The van der Waals surface area contributed by atoms with Crippen LogP contribution in [0.5, 0.6) is 0 Å². The summed E-state index contributed by atoms with van der Waals surface area (Å²) in [7, 11) is 0. The van der Waals surface area contributed by atoms with E-state index in [1.807, 2.05) is 0 Å². The van der Waals surface area contributed by atoms with E-state index in [1.165, 1.54) is 6.92 Å². The Labute approximate surface area is 156 Å². The molecule has 0 radical (unpaired) electrons. The van der Waals surface area contributed by atoms with Crippen molar-refractivity contribution in [2.24, 2.45) is 17.8 Å². The number of carbonyl (C=O) groups is 3. The molecule has 0 saturated heterocycles. The average Bonchev–Trinajstić information content (AvgIpc) is 3.06. The quantitative estimate of drug-likeness (QED) is 0.443. The second kappa shape index (κ2) is 6.15. The minimum Gasteiger partial charge on any atom is -0.298 e. The maximum Gasteiger partial charge on any atom is 0.434 e. The van der Waals surface area contributed by atoms with Crippen molar-refractivity contribution in [1.82, 2.24) is 9.97 Å². The van der Waals surface area contributed by atoms with Crippen LogP contribution in [-0.4, -0.2) is 27.3 Å². The number of hydrogen-bond acceptors (Lipinski definition) is 5. The summed E-state index contributed by atoms with van der Waals surface area (Å²) >= 11 is 0. The molecule has 0 aromatic carbocycles. The van der Waals surface area contributed by atoms with Crippen LogP contribution in [0.3, 0.4) is 0 Å². The first-order valence-corrected chi connectivity index (χ1v) is 8.74. The smallest absolute Gasteiger partial charge is 0.298 e. The molecule has 4 rings (SSSR count). The molecule has 5 nitrogen and oxygen atoms in total. The first-order valence-electron chi connectivity index (χ1n) is 8.74. The van der Waals surface area contributed by atoms with E-state index in [2.05, 4.69) is 9.97 Å². The zero-order valence-electron chi connectivity index (χ0n) is 14.6. The number of pyridine rings is 2. The molecule has 2 saturated carbocycles. The fraction of sp³-hybridized carbons (Fsp3) is 0.421. The van der Waals surface area contributed by atoms with Gasteiger partial charge >= 0.3 is 6.18 Å². The molecule has 0 N–H and O–H groups in total. The van der Waals surface area contributed by atoms with Gasteiger partial charge in [-0.05, 0) is 38.3 Å². The summed E-state index contributed by atoms with van der Waals surface area (Å²) in [5, 5.41) is -0.113. The van der Waals surface area contributed by atoms with E-state index in [-0.39, 0.29) is 16.7 Å². The SMILES string of the molecule is Cc1nc2nc(C(F)(F)F)c(C(=O)C3C(=O)C4CCC(C4)C3=O)cc2cc1F. The third kappa shape index (κ3) is 2.80. The molecule has 2 bridgehead atoms. The number of nitrogens with zero attached hydrogens (tertiary/aromatic N) is 2. The van der Waals surface area contributed by atoms with Gasteiger partial charge in [0.15, 0.2) is 28.7 Å². The van der Waals surface area contributed by atoms with Gasteiger partial charge in [0.05, 0.1) is 11.3 Å². The molecule has 0 amide bonds. The average molecular weight is 394 g/mol. The lowest BCUT2D eigenvalue weighted by Gasteiger charge is -2.25. The van der Waals surface area contributed by atoms with Crippen molar-refractivity contribution >= 4 is 28.4 Å². The number of ketones is 3. The first-order chi connectivity index (χ1) is 13.1. The van der Waals surface area contributed by atoms with Crippen molar-refractivity contribution in [3.63, 3.8) is 0 Å². The molecule has 2 unspecified atom stereocenters. The lowest BCUT2D eigenvalue weighted by molar-refractivity contribution is -0.142. The third-order valence-corrected chi connectivity index (χ3v) is 5.53. The number of hydrogen-bond donors (Lipinski definition) is 0. The fourth-order valence-corrected chi connectivity index (χ4v) is 4.10. The summed E-state index contributed by atoms with van der Waals surface area (Å²) in [6.45, 7) is 1.28. The normalized spacial score (nSPS) is 24.8. The monoisotopic (exact) mass is 394 g/mol. The minimum atomic E-state index is -5.01. The molecule has 2 aromatic rings. The Bertz CT molecular complexity index is 1030. The number of halogens is 4. The molecule has 2 heterocycles. The van der Waals surface area contributed by atoms with Crippen LogP contribution in [0.4, 0.5) is 17.6 Å². The predicted octanol–water partition coefficient (Wildman–Crippen LogP) is 3.46. The van der Waals surface area contributed by atoms with Gasteiger partial charge in [-0.25, -0.2) is 14.4 Å². The number of aryl methyl sites for hydroxylation is 1. The predicted molar refractivity (Wildman–Crippen MR) is 87.9 cm³/mol. The van der Waals surface area contributed by atoms with Gasteiger partial charge in [0.1, 0.15) is 11.7 Å². The van der Waals surface area contributed by atoms with E-state index in [1.54, 1.807) is 0 Å². The topological polar surface area (TPSA) is 77.0 Å². The summed E-state index contributed by atoms with van der Waals surface area (Å²) in [6, 6.07) is 1.75. The lowest BCUT2D eigenvalue weighted by atomic mass is 9.75. The highest BCUT2D eigenvalue weighted by Gasteiger charge is 2.51. The van der Waals surface area contributed by atoms with Crippen LogP contribution in [0, 0.1) is 30.5 Å². The standard InChI is InChI=1S/C19H14F4N2O3/c1-7-12(20)6-10-5-11(17(19(21,22)23)25-18(10)24-7)16(28)13-14(26)8-2-3-9(4-8)15(13)27/h5-6,8-9,13H,2-4H2,1H3. The Morgan fingerprint density at radius 1 is 1.07 bits per heavy atom. The highest BCUT2D eigenvalue weighted by atomic mass is 19.4. The summed E-state index contributed by atoms with van der Waals surface area (Å²) in [6.07, 6.45) is -3.76. The van der Waals surface area contributed by atoms with Gasteiger partial charge in [-0.1, -0.05) is 0 Å². The Morgan fingerprint density at radius 3 is 2.25 bits per heavy atom. The van der Waals surface area contributed by atoms with Crippen LogP contribution in [0.15, 0.2) is 12.1 Å². The summed E-state index contributed by atoms with van der Waals surface area (Å²) in [5.41, 5.74) is -2.94. The van der Waals surface area contributed by atoms with Crippen LogP contribution in [-0.2, 0) is 15.8 Å². The van der Waals surface area contributed by atoms with Crippen LogP contribution in [0.1, 0.15) is 41.0 Å². The number of alkyl halides is 3. The van der Waals surface area contributed by atoms with E-state index >= 15 is 0 Å². The molecule has 28 heavy (non-hydrogen) atoms. The second-order valence-corrected chi connectivity index (χ2v) is 7.29. The molecule has 2 atom stereocenters. The van der Waals surface area contributed by atoms with Crippen LogP contribution < -0.4 is 0 Å². The van der Waals surface area contributed by atoms with Crippen molar-refractivity contribution in [2.45, 2.75) is 32.4 Å². The molecule has 2 fully saturated rings. The van der Waals surface area contributed by atoms with E-state index < -0.39 is 58.4 Å². The van der Waals surface area contributed by atoms with Gasteiger partial charge in [0, 0.05) is 17.2 Å². The molecule has 9 heteroatoms. The fourth-order valence-electron chi connectivity index (χ4n) is 4.10. The molecule has 2 aliphatic rings. The van der Waals surface area contributed by atoms with Crippen LogP contribution in [0.25, 0.3) is 11.0 Å². The van der Waals surface area contributed by atoms with Gasteiger partial charge in [-0.2, -0.15) is 13.2 Å². The Hall–Kier alpha value is -2.71. The Morgan fingerprint density at radius 2 is 1.68 bits per heavy atom. The number of carbonyl (C=O) groups excluding carboxylic acids is 3. The van der Waals surface area contributed by atoms with Crippen molar-refractivity contribution in [2.75, 3.05) is 0 Å². The van der Waals surface area contributed by atoms with Gasteiger partial charge in [-0.3, -0.25) is 14.4 Å². The Kier molecular flexibility index (Phi) is 4.09. The maximum absolute atomic E-state index is 13.8. The van der Waals surface area contributed by atoms with E-state index in [0.717, 1.165) is 12.1 Å². The molecule has 2 aromatic heterocycles. The van der Waals surface area contributed by atoms with Crippen LogP contribution in [0.2, 0.25) is 0 Å². The summed E-state index contributed by atoms with van der Waals surface area (Å²) < 4.78 is 54.5. The van der Waals surface area contributed by atoms with E-state index in [0.29, 0.717) is 19.3 Å². The molecular weight excluding hydrogens is 380 g/mol. The van der Waals surface area contributed by atoms with Crippen molar-refractivity contribution in [3.8, 4) is 0 Å². The largest absolute Gasteiger partial charge is 0.434 e. The van der Waals surface area contributed by atoms with Gasteiger partial charge in [-0.15, -0.1) is 0 Å². The number of aromatic nitrogens is 2. The molecule has 0 spiro atoms. The summed E-state index contributed by atoms with van der Waals surface area (Å²) in [5.74, 6) is -5.99. The van der Waals surface area contributed by atoms with E-state index in [9.17, 15) is 31.9 Å². The van der Waals surface area contributed by atoms with Crippen molar-refractivity contribution in [3.05, 3.63) is 34.9 Å². The minimum absolute atomic E-state index is 0.113. The van der Waals surface area contributed by atoms with Crippen LogP contribution >= 0.6 is 0 Å². The zero-order valence-corrected chi connectivity index (χ0v) is 14.6. The van der Waals surface area contributed by atoms with Gasteiger partial charge < -0.3 is 0 Å². The molecule has 0 aliphatic heterocycles. The lowest BCUT2D eigenvalue weighted by Crippen LogP contribution is -2.42. The van der Waals surface area contributed by atoms with Crippen molar-refractivity contribution < 1.29 is 31.9 Å². The molecule has 2 aliphatic carbocycles. The first kappa shape index (κ1) is 18.6. The Balaban J connectivity index is 1.89. The van der Waals surface area contributed by atoms with Crippen molar-refractivity contribution in [1.29, 1.82) is 0 Å². The summed E-state index contributed by atoms with van der Waals surface area (Å²) in [4.78, 5) is 45.1. The van der Waals surface area contributed by atoms with Gasteiger partial charge in [0.25, 0.3) is 0 Å².